The summed E-state index contributed by atoms with van der Waals surface area (Å²) >= 11 is 0. The molecule has 31 heavy (non-hydrogen) atoms. The highest BCUT2D eigenvalue weighted by atomic mass is 19.1. The lowest BCUT2D eigenvalue weighted by molar-refractivity contribution is -0.0498. The first-order chi connectivity index (χ1) is 14.4. The Bertz CT molecular complexity index is 1030. The summed E-state index contributed by atoms with van der Waals surface area (Å²) in [7, 11) is 1.31. The Hall–Kier alpha value is -3.57. The van der Waals surface area contributed by atoms with Gasteiger partial charge in [-0.05, 0) is 26.8 Å². The minimum Gasteiger partial charge on any atom is -0.479 e. The number of rotatable bonds is 7. The molecule has 0 bridgehead atoms. The molecule has 0 radical (unpaired) electrons. The Labute approximate surface area is 179 Å². The van der Waals surface area contributed by atoms with Gasteiger partial charge in [-0.2, -0.15) is 0 Å². The van der Waals surface area contributed by atoms with Crippen LogP contribution >= 0.6 is 0 Å². The van der Waals surface area contributed by atoms with Crippen LogP contribution in [0.2, 0.25) is 0 Å². The molecular formula is C20H26FN7O3. The molecule has 166 valence electrons. The lowest BCUT2D eigenvalue weighted by atomic mass is 9.95. The number of amidine groups is 2. The van der Waals surface area contributed by atoms with Crippen molar-refractivity contribution < 1.29 is 19.3 Å². The number of ether oxygens (including phenoxy) is 1. The molecule has 0 aliphatic carbocycles. The maximum Gasteiger partial charge on any atom is 0.250 e. The number of aliphatic hydroxyl groups excluding tert-OH is 1. The number of hydrogen-bond donors (Lipinski definition) is 5. The number of nitrogens with two attached hydrogens (primary N) is 2. The second-order valence-corrected chi connectivity index (χ2v) is 7.21. The van der Waals surface area contributed by atoms with E-state index in [2.05, 4.69) is 31.8 Å². The van der Waals surface area contributed by atoms with Crippen LogP contribution in [0.3, 0.4) is 0 Å². The summed E-state index contributed by atoms with van der Waals surface area (Å²) in [6.45, 7) is 7.96. The molecule has 0 aliphatic rings. The molecule has 0 saturated heterocycles. The molecule has 2 heterocycles. The molecule has 10 nitrogen and oxygen atoms in total. The lowest BCUT2D eigenvalue weighted by Crippen LogP contribution is -2.29. The fourth-order valence-electron chi connectivity index (χ4n) is 2.58. The third-order valence-electron chi connectivity index (χ3n) is 4.02. The standard InChI is InChI=1S/C20H26FN7O3/c1-10(22)26-11(2)27-17(23)14-6-12(16(29)20(3,4)30)8-24-18(14)28-13-7-15(21)19(31-5)25-9-13/h6-9,16,29-30H,1,22H2,2-5H3,(H,24,28)(H2,23,26,27). The highest BCUT2D eigenvalue weighted by Crippen LogP contribution is 2.28. The molecule has 0 aliphatic heterocycles. The number of aliphatic hydroxyl groups is 2. The number of methoxy groups -OCH3 is 1. The van der Waals surface area contributed by atoms with Gasteiger partial charge in [-0.15, -0.1) is 0 Å². The molecule has 11 heteroatoms. The molecule has 0 fully saturated rings. The zero-order valence-corrected chi connectivity index (χ0v) is 17.7. The van der Waals surface area contributed by atoms with Crippen LogP contribution in [0.5, 0.6) is 5.88 Å². The SMILES string of the molecule is C=C(N)/N=C(C)\N=C(/N)c1cc(C(O)C(C)(C)O)cnc1Nc1cnc(OC)c(F)c1. The lowest BCUT2D eigenvalue weighted by Gasteiger charge is -2.25. The molecule has 0 amide bonds. The van der Waals surface area contributed by atoms with Crippen LogP contribution in [-0.2, 0) is 0 Å². The van der Waals surface area contributed by atoms with Crippen LogP contribution in [0.25, 0.3) is 0 Å². The van der Waals surface area contributed by atoms with Crippen molar-refractivity contribution in [3.63, 3.8) is 0 Å². The summed E-state index contributed by atoms with van der Waals surface area (Å²) in [4.78, 5) is 16.2. The average molecular weight is 431 g/mol. The summed E-state index contributed by atoms with van der Waals surface area (Å²) in [6.07, 6.45) is 1.46. The van der Waals surface area contributed by atoms with Crippen LogP contribution in [-0.4, -0.2) is 44.6 Å². The van der Waals surface area contributed by atoms with Crippen LogP contribution in [0.1, 0.15) is 38.0 Å². The maximum atomic E-state index is 14.0. The van der Waals surface area contributed by atoms with Gasteiger partial charge in [-0.1, -0.05) is 6.58 Å². The molecule has 0 saturated carbocycles. The van der Waals surface area contributed by atoms with Gasteiger partial charge in [0.15, 0.2) is 5.82 Å². The average Bonchev–Trinajstić information content (AvgIpc) is 2.66. The van der Waals surface area contributed by atoms with E-state index in [9.17, 15) is 14.6 Å². The van der Waals surface area contributed by atoms with Crippen molar-refractivity contribution in [1.82, 2.24) is 9.97 Å². The van der Waals surface area contributed by atoms with Crippen molar-refractivity contribution in [3.05, 3.63) is 53.9 Å². The molecule has 1 unspecified atom stereocenters. The predicted octanol–water partition coefficient (Wildman–Crippen LogP) is 1.73. The second-order valence-electron chi connectivity index (χ2n) is 7.21. The number of hydrogen-bond acceptors (Lipinski definition) is 8. The number of nitrogens with one attached hydrogen (secondary N) is 1. The third-order valence-corrected chi connectivity index (χ3v) is 4.02. The Morgan fingerprint density at radius 3 is 2.48 bits per heavy atom. The van der Waals surface area contributed by atoms with Gasteiger partial charge in [0.25, 0.3) is 0 Å². The van der Waals surface area contributed by atoms with Crippen molar-refractivity contribution in [3.8, 4) is 5.88 Å². The molecule has 0 aromatic carbocycles. The van der Waals surface area contributed by atoms with E-state index >= 15 is 0 Å². The largest absolute Gasteiger partial charge is 0.479 e. The first-order valence-electron chi connectivity index (χ1n) is 9.13. The van der Waals surface area contributed by atoms with Gasteiger partial charge in [-0.25, -0.2) is 24.3 Å². The van der Waals surface area contributed by atoms with Gasteiger partial charge < -0.3 is 31.7 Å². The normalized spacial score (nSPS) is 13.6. The first kappa shape index (κ1) is 23.7. The zero-order chi connectivity index (χ0) is 23.3. The highest BCUT2D eigenvalue weighted by molar-refractivity contribution is 6.08. The first-order valence-corrected chi connectivity index (χ1v) is 9.13. The summed E-state index contributed by atoms with van der Waals surface area (Å²) < 4.78 is 18.8. The van der Waals surface area contributed by atoms with Crippen molar-refractivity contribution in [1.29, 1.82) is 0 Å². The van der Waals surface area contributed by atoms with Gasteiger partial charge in [0.05, 0.1) is 30.2 Å². The zero-order valence-electron chi connectivity index (χ0n) is 17.7. The quantitative estimate of drug-likeness (QED) is 0.327. The molecule has 1 atom stereocenters. The van der Waals surface area contributed by atoms with Crippen molar-refractivity contribution in [2.24, 2.45) is 21.5 Å². The van der Waals surface area contributed by atoms with Gasteiger partial charge in [0.1, 0.15) is 29.4 Å². The number of halogens is 1. The van der Waals surface area contributed by atoms with E-state index in [0.717, 1.165) is 0 Å². The number of pyridine rings is 2. The van der Waals surface area contributed by atoms with Crippen LogP contribution in [0.4, 0.5) is 15.9 Å². The minimum atomic E-state index is -1.43. The summed E-state index contributed by atoms with van der Waals surface area (Å²) in [5.41, 5.74) is 11.0. The summed E-state index contributed by atoms with van der Waals surface area (Å²) in [5, 5.41) is 23.5. The molecule has 2 aromatic rings. The number of aromatic nitrogens is 2. The fourth-order valence-corrected chi connectivity index (χ4v) is 2.58. The van der Waals surface area contributed by atoms with Crippen molar-refractivity contribution in [2.75, 3.05) is 12.4 Å². The third kappa shape index (κ3) is 6.20. The topological polar surface area (TPSA) is 164 Å². The monoisotopic (exact) mass is 431 g/mol. The summed E-state index contributed by atoms with van der Waals surface area (Å²) in [6, 6.07) is 2.68. The maximum absolute atomic E-state index is 14.0. The number of nitrogens with zero attached hydrogens (tertiary/aromatic N) is 4. The van der Waals surface area contributed by atoms with Crippen molar-refractivity contribution >= 4 is 23.2 Å². The van der Waals surface area contributed by atoms with E-state index in [1.807, 2.05) is 0 Å². The smallest absolute Gasteiger partial charge is 0.250 e. The minimum absolute atomic E-state index is 0.00996. The Balaban J connectivity index is 2.55. The number of aliphatic imine (C=N–C) groups is 2. The Morgan fingerprint density at radius 1 is 1.26 bits per heavy atom. The molecule has 2 aromatic heterocycles. The number of anilines is 2. The molecule has 0 spiro atoms. The fraction of sp³-hybridized carbons (Fsp3) is 0.300. The van der Waals surface area contributed by atoms with E-state index in [4.69, 9.17) is 16.2 Å². The Morgan fingerprint density at radius 2 is 1.94 bits per heavy atom. The molecule has 7 N–H and O–H groups in total. The van der Waals surface area contributed by atoms with E-state index in [0.29, 0.717) is 5.56 Å². The van der Waals surface area contributed by atoms with Crippen LogP contribution in [0.15, 0.2) is 46.9 Å². The van der Waals surface area contributed by atoms with E-state index in [1.165, 1.54) is 45.5 Å². The van der Waals surface area contributed by atoms with E-state index in [1.54, 1.807) is 6.92 Å². The van der Waals surface area contributed by atoms with Crippen LogP contribution in [0, 0.1) is 5.82 Å². The van der Waals surface area contributed by atoms with Gasteiger partial charge in [-0.3, -0.25) is 0 Å². The second kappa shape index (κ2) is 9.49. The van der Waals surface area contributed by atoms with E-state index < -0.39 is 17.5 Å². The van der Waals surface area contributed by atoms with E-state index in [-0.39, 0.29) is 40.4 Å². The van der Waals surface area contributed by atoms with Gasteiger partial charge in [0.2, 0.25) is 5.88 Å². The predicted molar refractivity (Wildman–Crippen MR) is 117 cm³/mol. The Kier molecular flexibility index (Phi) is 7.26. The van der Waals surface area contributed by atoms with Crippen LogP contribution < -0.4 is 21.5 Å². The van der Waals surface area contributed by atoms with Gasteiger partial charge in [0, 0.05) is 17.8 Å². The highest BCUT2D eigenvalue weighted by Gasteiger charge is 2.27. The molecular weight excluding hydrogens is 405 g/mol. The van der Waals surface area contributed by atoms with Crippen molar-refractivity contribution in [2.45, 2.75) is 32.5 Å². The summed E-state index contributed by atoms with van der Waals surface area (Å²) in [5.74, 6) is -0.340. The molecule has 2 rings (SSSR count). The van der Waals surface area contributed by atoms with Gasteiger partial charge >= 0.3 is 0 Å².